The molecule has 33 heavy (non-hydrogen) atoms. The van der Waals surface area contributed by atoms with E-state index in [0.29, 0.717) is 0 Å². The first-order valence-corrected chi connectivity index (χ1v) is 10.5. The highest BCUT2D eigenvalue weighted by Gasteiger charge is 2.30. The summed E-state index contributed by atoms with van der Waals surface area (Å²) in [6.45, 7) is 0. The standard InChI is InChI=1S/C18H22N6O8S/c1-24(2)16(26)14-10(15(19)25)6-9(20-18(27)32-5)7-11(14)33(28,29)23-17-21-12(30-3)8-13(22-17)31-4/h6-8H,1-5H3,(H2,19,25)(H,20,27)(H,21,22,23). The Hall–Kier alpha value is -4.14. The Kier molecular flexibility index (Phi) is 7.60. The van der Waals surface area contributed by atoms with E-state index in [9.17, 15) is 22.8 Å². The molecule has 0 aliphatic rings. The average Bonchev–Trinajstić information content (AvgIpc) is 2.76. The van der Waals surface area contributed by atoms with E-state index in [2.05, 4.69) is 24.7 Å². The molecule has 1 aromatic heterocycles. The zero-order chi connectivity index (χ0) is 24.9. The Morgan fingerprint density at radius 2 is 1.58 bits per heavy atom. The number of aromatic nitrogens is 2. The van der Waals surface area contributed by atoms with Crippen LogP contribution in [0.3, 0.4) is 0 Å². The molecule has 0 bridgehead atoms. The summed E-state index contributed by atoms with van der Waals surface area (Å²) in [7, 11) is 1.77. The minimum Gasteiger partial charge on any atom is -0.481 e. The minimum atomic E-state index is -4.63. The largest absolute Gasteiger partial charge is 0.481 e. The molecule has 14 nitrogen and oxygen atoms in total. The van der Waals surface area contributed by atoms with Gasteiger partial charge in [0.05, 0.1) is 38.5 Å². The molecule has 0 saturated heterocycles. The third-order valence-corrected chi connectivity index (χ3v) is 5.38. The number of sulfonamides is 1. The van der Waals surface area contributed by atoms with E-state index in [4.69, 9.17) is 15.2 Å². The van der Waals surface area contributed by atoms with Gasteiger partial charge in [-0.1, -0.05) is 0 Å². The zero-order valence-corrected chi connectivity index (χ0v) is 19.1. The van der Waals surface area contributed by atoms with Crippen LogP contribution < -0.4 is 25.2 Å². The number of benzene rings is 1. The summed E-state index contributed by atoms with van der Waals surface area (Å²) in [6, 6.07) is 3.32. The second-order valence-corrected chi connectivity index (χ2v) is 8.11. The molecule has 0 atom stereocenters. The van der Waals surface area contributed by atoms with Crippen molar-refractivity contribution >= 4 is 39.6 Å². The van der Waals surface area contributed by atoms with Gasteiger partial charge in [0, 0.05) is 19.8 Å². The molecular formula is C18H22N6O8S. The van der Waals surface area contributed by atoms with Crippen LogP contribution in [-0.4, -0.2) is 76.6 Å². The van der Waals surface area contributed by atoms with Crippen LogP contribution in [0.25, 0.3) is 0 Å². The number of rotatable bonds is 8. The Morgan fingerprint density at radius 3 is 2.03 bits per heavy atom. The van der Waals surface area contributed by atoms with E-state index < -0.39 is 49.9 Å². The molecule has 178 valence electrons. The second kappa shape index (κ2) is 9.99. The Balaban J connectivity index is 2.76. The fourth-order valence-corrected chi connectivity index (χ4v) is 3.73. The van der Waals surface area contributed by atoms with Crippen LogP contribution in [0.2, 0.25) is 0 Å². The molecule has 15 heteroatoms. The minimum absolute atomic E-state index is 0.0110. The van der Waals surface area contributed by atoms with Crippen molar-refractivity contribution < 1.29 is 37.0 Å². The summed E-state index contributed by atoms with van der Waals surface area (Å²) in [5, 5.41) is 2.24. The summed E-state index contributed by atoms with van der Waals surface area (Å²) in [5.74, 6) is -2.41. The lowest BCUT2D eigenvalue weighted by molar-refractivity contribution is 0.0817. The van der Waals surface area contributed by atoms with Crippen molar-refractivity contribution in [3.8, 4) is 11.8 Å². The maximum atomic E-state index is 13.3. The number of nitrogens with one attached hydrogen (secondary N) is 2. The summed E-state index contributed by atoms with van der Waals surface area (Å²) in [4.78, 5) is 44.7. The molecular weight excluding hydrogens is 460 g/mol. The molecule has 0 aliphatic heterocycles. The monoisotopic (exact) mass is 482 g/mol. The SMILES string of the molecule is COC(=O)Nc1cc(C(N)=O)c(C(=O)N(C)C)c(S(=O)(=O)Nc2nc(OC)cc(OC)n2)c1. The first-order chi connectivity index (χ1) is 15.4. The fraction of sp³-hybridized carbons (Fsp3) is 0.278. The van der Waals surface area contributed by atoms with Gasteiger partial charge in [-0.2, -0.15) is 9.97 Å². The van der Waals surface area contributed by atoms with Gasteiger partial charge in [-0.15, -0.1) is 0 Å². The summed E-state index contributed by atoms with van der Waals surface area (Å²) in [5.41, 5.74) is 4.25. The van der Waals surface area contributed by atoms with Crippen molar-refractivity contribution in [1.82, 2.24) is 14.9 Å². The van der Waals surface area contributed by atoms with Gasteiger partial charge in [0.2, 0.25) is 23.6 Å². The number of methoxy groups -OCH3 is 3. The fourth-order valence-electron chi connectivity index (χ4n) is 2.54. The summed E-state index contributed by atoms with van der Waals surface area (Å²) in [6.07, 6.45) is -0.950. The Bertz CT molecular complexity index is 1180. The van der Waals surface area contributed by atoms with Gasteiger partial charge in [-0.05, 0) is 12.1 Å². The van der Waals surface area contributed by atoms with Gasteiger partial charge in [-0.3, -0.25) is 14.9 Å². The van der Waals surface area contributed by atoms with Gasteiger partial charge in [0.1, 0.15) is 4.90 Å². The van der Waals surface area contributed by atoms with Crippen molar-refractivity contribution in [1.29, 1.82) is 0 Å². The predicted molar refractivity (Wildman–Crippen MR) is 115 cm³/mol. The summed E-state index contributed by atoms with van der Waals surface area (Å²) < 4.78 is 43.1. The van der Waals surface area contributed by atoms with Crippen molar-refractivity contribution in [2.45, 2.75) is 4.90 Å². The molecule has 1 heterocycles. The van der Waals surface area contributed by atoms with Gasteiger partial charge in [0.15, 0.2) is 0 Å². The quantitative estimate of drug-likeness (QED) is 0.470. The van der Waals surface area contributed by atoms with Crippen LogP contribution in [-0.2, 0) is 14.8 Å². The van der Waals surface area contributed by atoms with Gasteiger partial charge >= 0.3 is 6.09 Å². The lowest BCUT2D eigenvalue weighted by Gasteiger charge is -2.19. The molecule has 1 aromatic carbocycles. The van der Waals surface area contributed by atoms with E-state index in [0.717, 1.165) is 24.1 Å². The van der Waals surface area contributed by atoms with Crippen molar-refractivity contribution in [3.05, 3.63) is 29.3 Å². The lowest BCUT2D eigenvalue weighted by atomic mass is 10.0. The number of nitrogens with zero attached hydrogens (tertiary/aromatic N) is 3. The van der Waals surface area contributed by atoms with Gasteiger partial charge in [-0.25, -0.2) is 17.9 Å². The molecule has 4 N–H and O–H groups in total. The number of hydrogen-bond donors (Lipinski definition) is 3. The third-order valence-electron chi connectivity index (χ3n) is 4.03. The molecule has 0 spiro atoms. The van der Waals surface area contributed by atoms with Crippen LogP contribution in [0.5, 0.6) is 11.8 Å². The van der Waals surface area contributed by atoms with Gasteiger partial charge in [0.25, 0.3) is 15.9 Å². The highest BCUT2D eigenvalue weighted by atomic mass is 32.2. The van der Waals surface area contributed by atoms with Crippen molar-refractivity contribution in [2.75, 3.05) is 45.5 Å². The predicted octanol–water partition coefficient (Wildman–Crippen LogP) is 0.274. The van der Waals surface area contributed by atoms with Gasteiger partial charge < -0.3 is 24.8 Å². The van der Waals surface area contributed by atoms with Crippen molar-refractivity contribution in [2.24, 2.45) is 5.73 Å². The van der Waals surface area contributed by atoms with Crippen molar-refractivity contribution in [3.63, 3.8) is 0 Å². The molecule has 2 rings (SSSR count). The Labute approximate surface area is 189 Å². The van der Waals surface area contributed by atoms with E-state index in [1.807, 2.05) is 0 Å². The molecule has 0 fully saturated rings. The second-order valence-electron chi connectivity index (χ2n) is 6.46. The van der Waals surface area contributed by atoms with E-state index >= 15 is 0 Å². The van der Waals surface area contributed by atoms with E-state index in [-0.39, 0.29) is 17.4 Å². The normalized spacial score (nSPS) is 10.7. The first kappa shape index (κ1) is 25.1. The molecule has 0 saturated carbocycles. The summed E-state index contributed by atoms with van der Waals surface area (Å²) >= 11 is 0. The molecule has 0 unspecified atom stereocenters. The van der Waals surface area contributed by atoms with Crippen LogP contribution in [0.1, 0.15) is 20.7 Å². The number of hydrogen-bond acceptors (Lipinski definition) is 10. The number of carbonyl (C=O) groups is 3. The van der Waals surface area contributed by atoms with Crippen LogP contribution >= 0.6 is 0 Å². The average molecular weight is 482 g/mol. The first-order valence-electron chi connectivity index (χ1n) is 8.97. The Morgan fingerprint density at radius 1 is 1.00 bits per heavy atom. The number of primary amides is 1. The number of anilines is 2. The highest BCUT2D eigenvalue weighted by molar-refractivity contribution is 7.92. The third kappa shape index (κ3) is 5.76. The maximum absolute atomic E-state index is 13.3. The van der Waals surface area contributed by atoms with E-state index in [1.54, 1.807) is 0 Å². The maximum Gasteiger partial charge on any atom is 0.411 e. The zero-order valence-electron chi connectivity index (χ0n) is 18.3. The molecule has 3 amide bonds. The van der Waals surface area contributed by atoms with Crippen LogP contribution in [0.15, 0.2) is 23.1 Å². The van der Waals surface area contributed by atoms with E-state index in [1.165, 1.54) is 34.4 Å². The molecule has 0 aliphatic carbocycles. The number of carbonyl (C=O) groups excluding carboxylic acids is 3. The lowest BCUT2D eigenvalue weighted by Crippen LogP contribution is -2.30. The molecule has 0 radical (unpaired) electrons. The smallest absolute Gasteiger partial charge is 0.411 e. The molecule has 2 aromatic rings. The number of nitrogens with two attached hydrogens (primary N) is 1. The number of ether oxygens (including phenoxy) is 3. The van der Waals surface area contributed by atoms with Crippen LogP contribution in [0, 0.1) is 0 Å². The number of amides is 3. The topological polar surface area (TPSA) is 192 Å². The van der Waals surface area contributed by atoms with Crippen LogP contribution in [0.4, 0.5) is 16.4 Å². The highest BCUT2D eigenvalue weighted by Crippen LogP contribution is 2.28.